The SMILES string of the molecule is Cc1c(C(N)=O)nc2c3c(nc(-c4ccc(F)c5sc(N)c(C#N)c45)c(F)c13)OC(C)C1C3CCC(C)(CN21)N3. The standard InChI is InChI=1S/C28H25F2N7O2S/c1-10-16-18-26(34-20(10)24(32)38)37-9-28(3)7-6-15(36-28)22(37)11(2)39-27(18)35-21(19(16)30)12-4-5-14(29)23-17(12)13(8-31)25(33)40-23/h4-5,11,15,22,36H,6-7,9,33H2,1-3H3,(H2,32,38). The van der Waals surface area contributed by atoms with Gasteiger partial charge in [-0.2, -0.15) is 5.26 Å². The number of nitrogens with one attached hydrogen (secondary N) is 1. The molecule has 9 nitrogen and oxygen atoms in total. The smallest absolute Gasteiger partial charge is 0.267 e. The number of thiophene rings is 1. The summed E-state index contributed by atoms with van der Waals surface area (Å²) in [6.45, 7) is 6.24. The molecule has 0 radical (unpaired) electrons. The Hall–Kier alpha value is -4.08. The van der Waals surface area contributed by atoms with E-state index in [0.717, 1.165) is 24.2 Å². The molecule has 2 fully saturated rings. The van der Waals surface area contributed by atoms with Crippen LogP contribution in [0.4, 0.5) is 19.6 Å². The van der Waals surface area contributed by atoms with E-state index >= 15 is 4.39 Å². The number of aromatic nitrogens is 2. The van der Waals surface area contributed by atoms with Crippen molar-refractivity contribution in [2.75, 3.05) is 17.2 Å². The number of ether oxygens (including phenoxy) is 1. The van der Waals surface area contributed by atoms with E-state index in [9.17, 15) is 14.4 Å². The second kappa shape index (κ2) is 8.22. The van der Waals surface area contributed by atoms with Crippen LogP contribution in [-0.2, 0) is 0 Å². The third kappa shape index (κ3) is 3.22. The molecular weight excluding hydrogens is 536 g/mol. The molecule has 6 heterocycles. The average Bonchev–Trinajstić information content (AvgIpc) is 3.37. The van der Waals surface area contributed by atoms with E-state index in [0.29, 0.717) is 17.7 Å². The summed E-state index contributed by atoms with van der Waals surface area (Å²) in [5.41, 5.74) is 11.9. The lowest BCUT2D eigenvalue weighted by Gasteiger charge is -2.46. The Morgan fingerprint density at radius 2 is 2.08 bits per heavy atom. The van der Waals surface area contributed by atoms with Crippen molar-refractivity contribution >= 4 is 48.9 Å². The zero-order valence-corrected chi connectivity index (χ0v) is 22.7. The number of primary amides is 1. The summed E-state index contributed by atoms with van der Waals surface area (Å²) in [5, 5.41) is 14.3. The number of nitrogen functional groups attached to an aromatic ring is 1. The molecule has 5 N–H and O–H groups in total. The molecule has 1 amide bonds. The number of nitriles is 1. The highest BCUT2D eigenvalue weighted by Gasteiger charge is 2.51. The van der Waals surface area contributed by atoms with Gasteiger partial charge >= 0.3 is 0 Å². The number of benzene rings is 1. The maximum absolute atomic E-state index is 16.8. The number of fused-ring (bicyclic) bond motifs is 6. The number of hydrogen-bond donors (Lipinski definition) is 3. The number of carbonyl (C=O) groups excluding carboxylic acids is 1. The summed E-state index contributed by atoms with van der Waals surface area (Å²) in [7, 11) is 0. The van der Waals surface area contributed by atoms with Gasteiger partial charge in [-0.3, -0.25) is 4.79 Å². The van der Waals surface area contributed by atoms with Crippen molar-refractivity contribution in [1.82, 2.24) is 15.3 Å². The second-order valence-electron chi connectivity index (χ2n) is 11.1. The molecule has 40 heavy (non-hydrogen) atoms. The molecule has 4 aromatic rings. The molecule has 4 atom stereocenters. The Morgan fingerprint density at radius 1 is 1.30 bits per heavy atom. The molecule has 3 aromatic heterocycles. The van der Waals surface area contributed by atoms with Crippen LogP contribution in [0.15, 0.2) is 12.1 Å². The van der Waals surface area contributed by atoms with Crippen molar-refractivity contribution in [3.8, 4) is 23.2 Å². The van der Waals surface area contributed by atoms with Crippen molar-refractivity contribution in [1.29, 1.82) is 5.26 Å². The number of anilines is 2. The minimum absolute atomic E-state index is 0.0458. The highest BCUT2D eigenvalue weighted by Crippen LogP contribution is 2.48. The van der Waals surface area contributed by atoms with Gasteiger partial charge < -0.3 is 26.4 Å². The van der Waals surface area contributed by atoms with Crippen LogP contribution in [0.5, 0.6) is 5.88 Å². The minimum atomic E-state index is -0.782. The van der Waals surface area contributed by atoms with Gasteiger partial charge in [0.25, 0.3) is 5.91 Å². The first kappa shape index (κ1) is 24.9. The van der Waals surface area contributed by atoms with Crippen LogP contribution in [0.3, 0.4) is 0 Å². The van der Waals surface area contributed by atoms with Gasteiger partial charge in [-0.1, -0.05) is 0 Å². The topological polar surface area (TPSA) is 143 Å². The number of halogens is 2. The number of hydrogen-bond acceptors (Lipinski definition) is 9. The lowest BCUT2D eigenvalue weighted by molar-refractivity contribution is 0.0995. The fourth-order valence-corrected chi connectivity index (χ4v) is 7.81. The second-order valence-corrected chi connectivity index (χ2v) is 12.2. The van der Waals surface area contributed by atoms with Gasteiger partial charge in [0.1, 0.15) is 40.2 Å². The third-order valence-electron chi connectivity index (χ3n) is 8.58. The predicted octanol–water partition coefficient (Wildman–Crippen LogP) is 4.13. The first-order valence-corrected chi connectivity index (χ1v) is 13.8. The quantitative estimate of drug-likeness (QED) is 0.332. The maximum Gasteiger partial charge on any atom is 0.267 e. The van der Waals surface area contributed by atoms with Crippen molar-refractivity contribution in [3.63, 3.8) is 0 Å². The fraction of sp³-hybridized carbons (Fsp3) is 0.357. The minimum Gasteiger partial charge on any atom is -0.472 e. The molecule has 4 unspecified atom stereocenters. The zero-order valence-electron chi connectivity index (χ0n) is 21.9. The summed E-state index contributed by atoms with van der Waals surface area (Å²) in [6, 6.07) is 4.53. The Morgan fingerprint density at radius 3 is 2.80 bits per heavy atom. The molecule has 2 bridgehead atoms. The Kier molecular flexibility index (Phi) is 5.12. The molecule has 12 heteroatoms. The maximum atomic E-state index is 16.8. The van der Waals surface area contributed by atoms with E-state index in [1.54, 1.807) is 6.92 Å². The number of nitrogens with two attached hydrogens (primary N) is 2. The Balaban J connectivity index is 1.59. The predicted molar refractivity (Wildman–Crippen MR) is 148 cm³/mol. The van der Waals surface area contributed by atoms with Gasteiger partial charge in [-0.25, -0.2) is 18.7 Å². The molecule has 2 saturated heterocycles. The highest BCUT2D eigenvalue weighted by molar-refractivity contribution is 7.23. The van der Waals surface area contributed by atoms with E-state index in [1.165, 1.54) is 12.1 Å². The van der Waals surface area contributed by atoms with E-state index in [1.807, 2.05) is 13.0 Å². The molecule has 204 valence electrons. The van der Waals surface area contributed by atoms with E-state index < -0.39 is 17.5 Å². The summed E-state index contributed by atoms with van der Waals surface area (Å²) in [6.07, 6.45) is 1.51. The largest absolute Gasteiger partial charge is 0.472 e. The number of amides is 1. The van der Waals surface area contributed by atoms with Crippen LogP contribution in [0.1, 0.15) is 48.3 Å². The van der Waals surface area contributed by atoms with E-state index in [2.05, 4.69) is 22.1 Å². The summed E-state index contributed by atoms with van der Waals surface area (Å²) < 4.78 is 38.2. The Labute approximate surface area is 231 Å². The number of carbonyl (C=O) groups is 1. The first-order chi connectivity index (χ1) is 19.0. The van der Waals surface area contributed by atoms with Crippen molar-refractivity contribution in [2.24, 2.45) is 5.73 Å². The van der Waals surface area contributed by atoms with Crippen LogP contribution in [0.25, 0.3) is 32.1 Å². The van der Waals surface area contributed by atoms with Crippen LogP contribution in [-0.4, -0.2) is 46.1 Å². The lowest BCUT2D eigenvalue weighted by atomic mass is 9.95. The fourth-order valence-electron chi connectivity index (χ4n) is 6.86. The molecule has 0 saturated carbocycles. The number of pyridine rings is 2. The average molecular weight is 562 g/mol. The molecular formula is C28H25F2N7O2S. The molecule has 1 aromatic carbocycles. The van der Waals surface area contributed by atoms with Crippen molar-refractivity contribution < 1.29 is 18.3 Å². The van der Waals surface area contributed by atoms with Crippen LogP contribution in [0, 0.1) is 29.9 Å². The van der Waals surface area contributed by atoms with Gasteiger partial charge in [-0.05, 0) is 51.3 Å². The monoisotopic (exact) mass is 561 g/mol. The Bertz CT molecular complexity index is 1850. The van der Waals surface area contributed by atoms with E-state index in [4.69, 9.17) is 21.2 Å². The van der Waals surface area contributed by atoms with Crippen molar-refractivity contribution in [2.45, 2.75) is 57.3 Å². The van der Waals surface area contributed by atoms with Gasteiger partial charge in [0.05, 0.1) is 21.7 Å². The van der Waals surface area contributed by atoms with E-state index in [-0.39, 0.29) is 78.2 Å². The molecule has 3 aliphatic heterocycles. The summed E-state index contributed by atoms with van der Waals surface area (Å²) >= 11 is 0.919. The highest BCUT2D eigenvalue weighted by atomic mass is 32.1. The third-order valence-corrected chi connectivity index (χ3v) is 9.60. The number of aryl methyl sites for hydroxylation is 1. The first-order valence-electron chi connectivity index (χ1n) is 13.0. The van der Waals surface area contributed by atoms with Crippen molar-refractivity contribution in [3.05, 3.63) is 40.6 Å². The van der Waals surface area contributed by atoms with Gasteiger partial charge in [0.2, 0.25) is 5.88 Å². The van der Waals surface area contributed by atoms with Crippen LogP contribution in [0.2, 0.25) is 0 Å². The number of piperazine rings is 1. The summed E-state index contributed by atoms with van der Waals surface area (Å²) in [5.74, 6) is -1.56. The molecule has 0 aliphatic carbocycles. The van der Waals surface area contributed by atoms with Gasteiger partial charge in [0, 0.05) is 34.5 Å². The van der Waals surface area contributed by atoms with Gasteiger partial charge in [0.15, 0.2) is 5.82 Å². The molecule has 7 rings (SSSR count). The summed E-state index contributed by atoms with van der Waals surface area (Å²) in [4.78, 5) is 24.1. The zero-order chi connectivity index (χ0) is 28.2. The lowest BCUT2D eigenvalue weighted by Crippen LogP contribution is -2.66. The van der Waals surface area contributed by atoms with Crippen LogP contribution >= 0.6 is 11.3 Å². The number of nitrogens with zero attached hydrogens (tertiary/aromatic N) is 4. The normalized spacial score (nSPS) is 25.0. The molecule has 0 spiro atoms. The number of rotatable bonds is 2. The van der Waals surface area contributed by atoms with Gasteiger partial charge in [-0.15, -0.1) is 11.3 Å². The van der Waals surface area contributed by atoms with Crippen LogP contribution < -0.4 is 26.4 Å². The molecule has 3 aliphatic rings.